The Morgan fingerprint density at radius 2 is 2.27 bits per heavy atom. The maximum absolute atomic E-state index is 5.53. The van der Waals surface area contributed by atoms with E-state index < -0.39 is 0 Å². The van der Waals surface area contributed by atoms with Crippen LogP contribution in [0, 0.1) is 6.92 Å². The highest BCUT2D eigenvalue weighted by molar-refractivity contribution is 7.13. The Labute approximate surface area is 134 Å². The van der Waals surface area contributed by atoms with Gasteiger partial charge in [-0.15, -0.1) is 11.3 Å². The first-order valence-corrected chi connectivity index (χ1v) is 8.24. The van der Waals surface area contributed by atoms with Crippen LogP contribution in [-0.2, 0) is 6.54 Å². The van der Waals surface area contributed by atoms with Crippen LogP contribution in [0.1, 0.15) is 31.1 Å². The van der Waals surface area contributed by atoms with Crippen molar-refractivity contribution in [3.05, 3.63) is 47.4 Å². The molecule has 3 rings (SSSR count). The van der Waals surface area contributed by atoms with E-state index >= 15 is 0 Å². The van der Waals surface area contributed by atoms with Crippen molar-refractivity contribution in [3.8, 4) is 10.8 Å². The molecule has 0 amide bonds. The second-order valence-electron chi connectivity index (χ2n) is 5.53. The summed E-state index contributed by atoms with van der Waals surface area (Å²) in [5, 5.41) is 9.88. The molecule has 5 nitrogen and oxygen atoms in total. The summed E-state index contributed by atoms with van der Waals surface area (Å²) in [5.41, 5.74) is 2.09. The molecule has 0 aliphatic rings. The van der Waals surface area contributed by atoms with E-state index in [0.29, 0.717) is 12.4 Å². The molecule has 3 heterocycles. The van der Waals surface area contributed by atoms with Crippen LogP contribution in [0.2, 0.25) is 0 Å². The Hall–Kier alpha value is -1.92. The van der Waals surface area contributed by atoms with Crippen molar-refractivity contribution in [2.45, 2.75) is 39.4 Å². The van der Waals surface area contributed by atoms with Gasteiger partial charge in [-0.3, -0.25) is 4.68 Å². The topological polar surface area (TPSA) is 55.9 Å². The third-order valence-electron chi connectivity index (χ3n) is 3.76. The van der Waals surface area contributed by atoms with Crippen molar-refractivity contribution in [2.75, 3.05) is 0 Å². The third-order valence-corrected chi connectivity index (χ3v) is 4.62. The number of nitrogens with zero attached hydrogens (tertiary/aromatic N) is 3. The quantitative estimate of drug-likeness (QED) is 0.754. The van der Waals surface area contributed by atoms with Gasteiger partial charge in [0.1, 0.15) is 6.26 Å². The number of aromatic nitrogens is 3. The number of oxazole rings is 1. The average molecular weight is 316 g/mol. The lowest BCUT2D eigenvalue weighted by Gasteiger charge is -2.21. The van der Waals surface area contributed by atoms with Crippen molar-refractivity contribution in [1.29, 1.82) is 0 Å². The molecule has 0 aromatic carbocycles. The fraction of sp³-hybridized carbons (Fsp3) is 0.375. The lowest BCUT2D eigenvalue weighted by molar-refractivity contribution is 0.363. The minimum Gasteiger partial charge on any atom is -0.444 e. The fourth-order valence-corrected chi connectivity index (χ4v) is 2.88. The van der Waals surface area contributed by atoms with Crippen molar-refractivity contribution in [3.63, 3.8) is 0 Å². The molecule has 3 aromatic rings. The van der Waals surface area contributed by atoms with Gasteiger partial charge in [0, 0.05) is 18.8 Å². The minimum atomic E-state index is 0.275. The smallest absolute Gasteiger partial charge is 0.236 e. The molecule has 6 heteroatoms. The van der Waals surface area contributed by atoms with Crippen LogP contribution in [0.3, 0.4) is 0 Å². The SMILES string of the molecule is Cc1cnn(C(C)C(C)NCc2coc(-c3cccs3)n2)c1. The van der Waals surface area contributed by atoms with Gasteiger partial charge in [-0.2, -0.15) is 5.10 Å². The van der Waals surface area contributed by atoms with E-state index in [2.05, 4.69) is 42.4 Å². The van der Waals surface area contributed by atoms with Gasteiger partial charge in [-0.05, 0) is 37.8 Å². The Bertz CT molecular complexity index is 716. The number of nitrogens with one attached hydrogen (secondary N) is 1. The number of rotatable bonds is 6. The highest BCUT2D eigenvalue weighted by Gasteiger charge is 2.15. The Morgan fingerprint density at radius 1 is 1.41 bits per heavy atom. The second kappa shape index (κ2) is 6.46. The number of hydrogen-bond donors (Lipinski definition) is 1. The minimum absolute atomic E-state index is 0.275. The highest BCUT2D eigenvalue weighted by atomic mass is 32.1. The summed E-state index contributed by atoms with van der Waals surface area (Å²) in [7, 11) is 0. The van der Waals surface area contributed by atoms with Crippen molar-refractivity contribution < 1.29 is 4.42 Å². The highest BCUT2D eigenvalue weighted by Crippen LogP contribution is 2.23. The van der Waals surface area contributed by atoms with Crippen LogP contribution in [-0.4, -0.2) is 20.8 Å². The normalized spacial score (nSPS) is 14.1. The lowest BCUT2D eigenvalue weighted by atomic mass is 10.1. The molecule has 0 bridgehead atoms. The van der Waals surface area contributed by atoms with Crippen LogP contribution >= 0.6 is 11.3 Å². The monoisotopic (exact) mass is 316 g/mol. The summed E-state index contributed by atoms with van der Waals surface area (Å²) in [6.45, 7) is 7.04. The lowest BCUT2D eigenvalue weighted by Crippen LogP contribution is -2.33. The van der Waals surface area contributed by atoms with Crippen molar-refractivity contribution >= 4 is 11.3 Å². The molecule has 2 atom stereocenters. The predicted octanol–water partition coefficient (Wildman–Crippen LogP) is 3.65. The summed E-state index contributed by atoms with van der Waals surface area (Å²) < 4.78 is 7.52. The Balaban J connectivity index is 1.58. The molecule has 0 radical (unpaired) electrons. The van der Waals surface area contributed by atoms with Crippen LogP contribution in [0.15, 0.2) is 40.6 Å². The zero-order valence-electron chi connectivity index (χ0n) is 13.0. The zero-order valence-corrected chi connectivity index (χ0v) is 13.8. The molecule has 0 aliphatic heterocycles. The summed E-state index contributed by atoms with van der Waals surface area (Å²) in [6, 6.07) is 4.56. The van der Waals surface area contributed by atoms with Gasteiger partial charge in [-0.1, -0.05) is 6.07 Å². The van der Waals surface area contributed by atoms with Gasteiger partial charge in [-0.25, -0.2) is 4.98 Å². The first kappa shape index (κ1) is 15.0. The van der Waals surface area contributed by atoms with E-state index in [4.69, 9.17) is 4.42 Å². The van der Waals surface area contributed by atoms with Gasteiger partial charge < -0.3 is 9.73 Å². The molecule has 0 saturated carbocycles. The number of aryl methyl sites for hydroxylation is 1. The van der Waals surface area contributed by atoms with E-state index in [0.717, 1.165) is 10.6 Å². The van der Waals surface area contributed by atoms with Crippen LogP contribution in [0.5, 0.6) is 0 Å². The summed E-state index contributed by atoms with van der Waals surface area (Å²) in [4.78, 5) is 5.57. The third kappa shape index (κ3) is 3.28. The summed E-state index contributed by atoms with van der Waals surface area (Å²) in [5.74, 6) is 0.690. The molecule has 0 fully saturated rings. The summed E-state index contributed by atoms with van der Waals surface area (Å²) >= 11 is 1.63. The molecule has 2 unspecified atom stereocenters. The predicted molar refractivity (Wildman–Crippen MR) is 87.8 cm³/mol. The van der Waals surface area contributed by atoms with Gasteiger partial charge in [0.15, 0.2) is 0 Å². The van der Waals surface area contributed by atoms with Crippen molar-refractivity contribution in [1.82, 2.24) is 20.1 Å². The van der Waals surface area contributed by atoms with Crippen LogP contribution in [0.4, 0.5) is 0 Å². The largest absolute Gasteiger partial charge is 0.444 e. The van der Waals surface area contributed by atoms with E-state index in [1.165, 1.54) is 5.56 Å². The van der Waals surface area contributed by atoms with E-state index in [1.807, 2.05) is 28.4 Å². The maximum Gasteiger partial charge on any atom is 0.236 e. The van der Waals surface area contributed by atoms with E-state index in [-0.39, 0.29) is 12.1 Å². The van der Waals surface area contributed by atoms with Crippen LogP contribution < -0.4 is 5.32 Å². The summed E-state index contributed by atoms with van der Waals surface area (Å²) in [6.07, 6.45) is 5.67. The molecule has 1 N–H and O–H groups in total. The molecular weight excluding hydrogens is 296 g/mol. The molecule has 116 valence electrons. The van der Waals surface area contributed by atoms with Gasteiger partial charge >= 0.3 is 0 Å². The van der Waals surface area contributed by atoms with Crippen molar-refractivity contribution in [2.24, 2.45) is 0 Å². The number of thiophene rings is 1. The second-order valence-corrected chi connectivity index (χ2v) is 6.48. The Morgan fingerprint density at radius 3 is 2.95 bits per heavy atom. The fourth-order valence-electron chi connectivity index (χ4n) is 2.22. The molecule has 22 heavy (non-hydrogen) atoms. The van der Waals surface area contributed by atoms with E-state index in [1.54, 1.807) is 17.6 Å². The molecular formula is C16H20N4OS. The van der Waals surface area contributed by atoms with Gasteiger partial charge in [0.05, 0.1) is 22.8 Å². The average Bonchev–Trinajstić information content (AvgIpc) is 3.24. The van der Waals surface area contributed by atoms with E-state index in [9.17, 15) is 0 Å². The van der Waals surface area contributed by atoms with Crippen LogP contribution in [0.25, 0.3) is 10.8 Å². The first-order chi connectivity index (χ1) is 10.6. The van der Waals surface area contributed by atoms with Gasteiger partial charge in [0.25, 0.3) is 0 Å². The molecule has 0 spiro atoms. The Kier molecular flexibility index (Phi) is 4.40. The first-order valence-electron chi connectivity index (χ1n) is 7.36. The molecule has 0 saturated heterocycles. The standard InChI is InChI=1S/C16H20N4OS/c1-11-7-18-20(9-11)13(3)12(2)17-8-14-10-21-16(19-14)15-5-4-6-22-15/h4-7,9-10,12-13,17H,8H2,1-3H3. The number of hydrogen-bond acceptors (Lipinski definition) is 5. The molecule has 3 aromatic heterocycles. The molecule has 0 aliphatic carbocycles. The maximum atomic E-state index is 5.53. The zero-order chi connectivity index (χ0) is 15.5. The van der Waals surface area contributed by atoms with Gasteiger partial charge in [0.2, 0.25) is 5.89 Å².